The Balaban J connectivity index is 1.73. The highest BCUT2D eigenvalue weighted by Gasteiger charge is 2.22. The van der Waals surface area contributed by atoms with Gasteiger partial charge in [-0.2, -0.15) is 0 Å². The molecule has 1 aromatic heterocycles. The van der Waals surface area contributed by atoms with Crippen molar-refractivity contribution in [2.45, 2.75) is 19.3 Å². The molecule has 0 spiro atoms. The minimum absolute atomic E-state index is 0.0254. The van der Waals surface area contributed by atoms with Crippen LogP contribution in [0.2, 0.25) is 10.0 Å². The van der Waals surface area contributed by atoms with Gasteiger partial charge in [-0.1, -0.05) is 64.8 Å². The molecule has 0 amide bonds. The maximum atomic E-state index is 15.0. The van der Waals surface area contributed by atoms with E-state index < -0.39 is 17.7 Å². The molecule has 4 aromatic rings. The average molecular weight is 523 g/mol. The number of hydrogen-bond donors (Lipinski definition) is 2. The van der Waals surface area contributed by atoms with Crippen molar-refractivity contribution in [2.75, 3.05) is 0 Å². The van der Waals surface area contributed by atoms with Crippen LogP contribution in [0.15, 0.2) is 84.1 Å². The minimum Gasteiger partial charge on any atom is -0.478 e. The monoisotopic (exact) mass is 522 g/mol. The molecule has 0 aliphatic heterocycles. The van der Waals surface area contributed by atoms with Gasteiger partial charge in [0.05, 0.1) is 16.3 Å². The lowest BCUT2D eigenvalue weighted by Gasteiger charge is -2.20. The molecule has 0 bridgehead atoms. The van der Waals surface area contributed by atoms with Gasteiger partial charge in [-0.25, -0.2) is 9.18 Å². The van der Waals surface area contributed by atoms with Crippen LogP contribution in [0, 0.1) is 12.7 Å². The van der Waals surface area contributed by atoms with Gasteiger partial charge in [-0.15, -0.1) is 0 Å². The Morgan fingerprint density at radius 2 is 1.72 bits per heavy atom. The molecule has 36 heavy (non-hydrogen) atoms. The molecular weight excluding hydrogens is 502 g/mol. The number of carboxylic acids is 1. The molecule has 0 saturated carbocycles. The van der Waals surface area contributed by atoms with E-state index >= 15 is 4.39 Å². The van der Waals surface area contributed by atoms with E-state index in [2.05, 4.69) is 10.1 Å². The third kappa shape index (κ3) is 5.56. The van der Waals surface area contributed by atoms with Crippen molar-refractivity contribution < 1.29 is 19.5 Å². The fourth-order valence-electron chi connectivity index (χ4n) is 4.10. The van der Waals surface area contributed by atoms with E-state index in [-0.39, 0.29) is 22.0 Å². The fraction of sp³-hybridized carbons (Fsp3) is 0.107. The van der Waals surface area contributed by atoms with E-state index in [1.165, 1.54) is 12.1 Å². The number of benzene rings is 3. The van der Waals surface area contributed by atoms with Crippen LogP contribution in [0.4, 0.5) is 4.39 Å². The van der Waals surface area contributed by atoms with Gasteiger partial charge < -0.3 is 10.3 Å². The number of hydrogen-bond acceptors (Lipinski definition) is 4. The summed E-state index contributed by atoms with van der Waals surface area (Å²) in [5.41, 5.74) is 4.63. The molecule has 182 valence electrons. The SMILES string of the molecule is Cc1cc(/C(C[C@@H](c2ccc(-c3ccc(C(=O)O)c(Cl)c3)cc2)c2ccc(Cl)cc2F)=N/O)ccn1. The van der Waals surface area contributed by atoms with Gasteiger partial charge >= 0.3 is 5.97 Å². The van der Waals surface area contributed by atoms with Crippen molar-refractivity contribution >= 4 is 34.9 Å². The van der Waals surface area contributed by atoms with Crippen LogP contribution >= 0.6 is 23.2 Å². The van der Waals surface area contributed by atoms with E-state index in [1.807, 2.05) is 31.2 Å². The third-order valence-electron chi connectivity index (χ3n) is 5.93. The molecule has 1 heterocycles. The average Bonchev–Trinajstić information content (AvgIpc) is 2.85. The number of rotatable bonds is 7. The zero-order valence-corrected chi connectivity index (χ0v) is 20.6. The molecule has 4 rings (SSSR count). The molecule has 0 aliphatic carbocycles. The number of halogens is 3. The summed E-state index contributed by atoms with van der Waals surface area (Å²) in [5, 5.41) is 23.0. The maximum absolute atomic E-state index is 15.0. The number of oxime groups is 1. The van der Waals surface area contributed by atoms with E-state index in [9.17, 15) is 15.1 Å². The quantitative estimate of drug-likeness (QED) is 0.148. The van der Waals surface area contributed by atoms with Crippen LogP contribution in [-0.2, 0) is 0 Å². The zero-order valence-electron chi connectivity index (χ0n) is 19.1. The van der Waals surface area contributed by atoms with Crippen LogP contribution in [-0.4, -0.2) is 27.0 Å². The summed E-state index contributed by atoms with van der Waals surface area (Å²) in [5.74, 6) is -2.04. The van der Waals surface area contributed by atoms with Gasteiger partial charge in [0.2, 0.25) is 0 Å². The van der Waals surface area contributed by atoms with Gasteiger partial charge in [0.15, 0.2) is 0 Å². The molecule has 0 unspecified atom stereocenters. The van der Waals surface area contributed by atoms with Crippen LogP contribution < -0.4 is 0 Å². The second-order valence-electron chi connectivity index (χ2n) is 8.28. The minimum atomic E-state index is -1.10. The van der Waals surface area contributed by atoms with E-state index in [4.69, 9.17) is 23.2 Å². The number of aromatic nitrogens is 1. The largest absolute Gasteiger partial charge is 0.478 e. The first kappa shape index (κ1) is 25.4. The topological polar surface area (TPSA) is 82.8 Å². The van der Waals surface area contributed by atoms with Crippen LogP contribution in [0.25, 0.3) is 11.1 Å². The smallest absolute Gasteiger partial charge is 0.337 e. The Morgan fingerprint density at radius 3 is 2.33 bits per heavy atom. The molecule has 2 N–H and O–H groups in total. The molecule has 0 radical (unpaired) electrons. The lowest BCUT2D eigenvalue weighted by Crippen LogP contribution is -2.12. The first-order chi connectivity index (χ1) is 17.3. The Hall–Kier alpha value is -3.74. The van der Waals surface area contributed by atoms with Crippen molar-refractivity contribution in [3.05, 3.63) is 123 Å². The summed E-state index contributed by atoms with van der Waals surface area (Å²) in [6.45, 7) is 1.84. The highest BCUT2D eigenvalue weighted by Crippen LogP contribution is 2.34. The molecule has 0 aliphatic rings. The normalized spacial score (nSPS) is 12.4. The Kier molecular flexibility index (Phi) is 7.67. The van der Waals surface area contributed by atoms with Gasteiger partial charge in [0, 0.05) is 34.8 Å². The molecule has 5 nitrogen and oxygen atoms in total. The highest BCUT2D eigenvalue weighted by atomic mass is 35.5. The van der Waals surface area contributed by atoms with Gasteiger partial charge in [0.25, 0.3) is 0 Å². The van der Waals surface area contributed by atoms with Crippen LogP contribution in [0.1, 0.15) is 45.1 Å². The third-order valence-corrected chi connectivity index (χ3v) is 6.48. The lowest BCUT2D eigenvalue weighted by atomic mass is 9.84. The van der Waals surface area contributed by atoms with Crippen molar-refractivity contribution in [2.24, 2.45) is 5.16 Å². The number of carbonyl (C=O) groups is 1. The molecule has 1 atom stereocenters. The highest BCUT2D eigenvalue weighted by molar-refractivity contribution is 6.33. The fourth-order valence-corrected chi connectivity index (χ4v) is 4.52. The van der Waals surface area contributed by atoms with Gasteiger partial charge in [0.1, 0.15) is 5.82 Å². The predicted octanol–water partition coefficient (Wildman–Crippen LogP) is 7.60. The summed E-state index contributed by atoms with van der Waals surface area (Å²) in [6.07, 6.45) is 1.85. The van der Waals surface area contributed by atoms with E-state index in [0.717, 1.165) is 22.4 Å². The summed E-state index contributed by atoms with van der Waals surface area (Å²) < 4.78 is 15.0. The number of pyridine rings is 1. The van der Waals surface area contributed by atoms with Crippen molar-refractivity contribution in [1.29, 1.82) is 0 Å². The molecule has 3 aromatic carbocycles. The molecular formula is C28H21Cl2FN2O3. The summed E-state index contributed by atoms with van der Waals surface area (Å²) in [4.78, 5) is 15.4. The van der Waals surface area contributed by atoms with Crippen molar-refractivity contribution in [1.82, 2.24) is 4.98 Å². The molecule has 0 fully saturated rings. The van der Waals surface area contributed by atoms with Gasteiger partial charge in [-0.05, 0) is 65.6 Å². The first-order valence-corrected chi connectivity index (χ1v) is 11.7. The number of aromatic carboxylic acids is 1. The van der Waals surface area contributed by atoms with Crippen molar-refractivity contribution in [3.8, 4) is 11.1 Å². The van der Waals surface area contributed by atoms with Crippen molar-refractivity contribution in [3.63, 3.8) is 0 Å². The lowest BCUT2D eigenvalue weighted by molar-refractivity contribution is 0.0697. The first-order valence-electron chi connectivity index (χ1n) is 11.0. The van der Waals surface area contributed by atoms with E-state index in [0.29, 0.717) is 16.8 Å². The Bertz CT molecular complexity index is 1460. The maximum Gasteiger partial charge on any atom is 0.337 e. The van der Waals surface area contributed by atoms with Crippen LogP contribution in [0.5, 0.6) is 0 Å². The second kappa shape index (κ2) is 10.9. The number of nitrogens with zero attached hydrogens (tertiary/aromatic N) is 2. The Morgan fingerprint density at radius 1 is 1.00 bits per heavy atom. The second-order valence-corrected chi connectivity index (χ2v) is 9.12. The molecule has 0 saturated heterocycles. The number of aryl methyl sites for hydroxylation is 1. The molecule has 8 heteroatoms. The van der Waals surface area contributed by atoms with Gasteiger partial charge in [-0.3, -0.25) is 4.98 Å². The summed E-state index contributed by atoms with van der Waals surface area (Å²) in [6, 6.07) is 20.2. The number of carboxylic acid groups (broad SMARTS) is 1. The van der Waals surface area contributed by atoms with E-state index in [1.54, 1.807) is 42.6 Å². The summed E-state index contributed by atoms with van der Waals surface area (Å²) in [7, 11) is 0. The Labute approximate surface area is 217 Å². The zero-order chi connectivity index (χ0) is 25.8. The standard InChI is InChI=1S/C28H21Cl2FN2O3/c1-16-12-20(10-11-32-16)27(33-36)15-24(22-9-7-21(29)14-26(22)31)18-4-2-17(3-5-18)19-6-8-23(28(34)35)25(30)13-19/h2-14,24,36H,15H2,1H3,(H,34,35)/b33-27+/t24-/m0/s1. The summed E-state index contributed by atoms with van der Waals surface area (Å²) >= 11 is 12.1. The predicted molar refractivity (Wildman–Crippen MR) is 139 cm³/mol. The van der Waals surface area contributed by atoms with Crippen LogP contribution in [0.3, 0.4) is 0 Å².